The van der Waals surface area contributed by atoms with Crippen molar-refractivity contribution in [3.8, 4) is 0 Å². The number of nitrogens with zero attached hydrogens (tertiary/aromatic N) is 3. The van der Waals surface area contributed by atoms with Crippen molar-refractivity contribution in [1.29, 1.82) is 0 Å². The fourth-order valence-electron chi connectivity index (χ4n) is 3.94. The van der Waals surface area contributed by atoms with Crippen LogP contribution < -0.4 is 4.90 Å². The molecular formula is C21H22F3N3O2S. The number of hydrogen-bond acceptors (Lipinski definition) is 4. The number of fused-ring (bicyclic) bond motifs is 1. The number of rotatable bonds is 5. The first-order valence-corrected chi connectivity index (χ1v) is 11.2. The van der Waals surface area contributed by atoms with Crippen LogP contribution >= 0.6 is 0 Å². The van der Waals surface area contributed by atoms with Gasteiger partial charge >= 0.3 is 0 Å². The molecule has 1 saturated heterocycles. The molecule has 2 heterocycles. The van der Waals surface area contributed by atoms with E-state index in [2.05, 4.69) is 11.8 Å². The maximum atomic E-state index is 13.9. The minimum atomic E-state index is -4.24. The molecule has 0 atom stereocenters. The quantitative estimate of drug-likeness (QED) is 0.603. The summed E-state index contributed by atoms with van der Waals surface area (Å²) in [6.45, 7) is 5.93. The zero-order valence-electron chi connectivity index (χ0n) is 16.4. The van der Waals surface area contributed by atoms with E-state index in [1.807, 2.05) is 4.90 Å². The van der Waals surface area contributed by atoms with Crippen molar-refractivity contribution in [3.63, 3.8) is 0 Å². The molecule has 0 bridgehead atoms. The average Bonchev–Trinajstić information content (AvgIpc) is 3.15. The van der Waals surface area contributed by atoms with Crippen LogP contribution in [0.25, 0.3) is 10.9 Å². The lowest BCUT2D eigenvalue weighted by Gasteiger charge is -2.36. The summed E-state index contributed by atoms with van der Waals surface area (Å²) in [5, 5.41) is 0.220. The first-order valence-electron chi connectivity index (χ1n) is 9.73. The van der Waals surface area contributed by atoms with Gasteiger partial charge in [0, 0.05) is 49.0 Å². The zero-order chi connectivity index (χ0) is 21.5. The van der Waals surface area contributed by atoms with E-state index in [4.69, 9.17) is 0 Å². The van der Waals surface area contributed by atoms with Crippen LogP contribution in [-0.4, -0.2) is 50.0 Å². The fraction of sp³-hybridized carbons (Fsp3) is 0.333. The topological polar surface area (TPSA) is 45.5 Å². The molecule has 0 saturated carbocycles. The summed E-state index contributed by atoms with van der Waals surface area (Å²) in [6.07, 6.45) is -1.89. The van der Waals surface area contributed by atoms with Crippen molar-refractivity contribution in [3.05, 3.63) is 60.0 Å². The van der Waals surface area contributed by atoms with E-state index in [1.165, 1.54) is 18.2 Å². The maximum Gasteiger partial charge on any atom is 0.268 e. The highest BCUT2D eigenvalue weighted by Gasteiger charge is 2.28. The van der Waals surface area contributed by atoms with Crippen LogP contribution in [0.2, 0.25) is 0 Å². The highest BCUT2D eigenvalue weighted by atomic mass is 32.2. The summed E-state index contributed by atoms with van der Waals surface area (Å²) < 4.78 is 68.6. The van der Waals surface area contributed by atoms with Gasteiger partial charge in [-0.3, -0.25) is 0 Å². The Morgan fingerprint density at radius 3 is 2.37 bits per heavy atom. The van der Waals surface area contributed by atoms with Gasteiger partial charge in [0.1, 0.15) is 5.82 Å². The van der Waals surface area contributed by atoms with Crippen LogP contribution in [0.4, 0.5) is 18.9 Å². The van der Waals surface area contributed by atoms with Gasteiger partial charge in [-0.2, -0.15) is 0 Å². The third-order valence-corrected chi connectivity index (χ3v) is 7.22. The monoisotopic (exact) mass is 437 g/mol. The summed E-state index contributed by atoms with van der Waals surface area (Å²) in [7, 11) is -4.24. The second-order valence-electron chi connectivity index (χ2n) is 7.24. The lowest BCUT2D eigenvalue weighted by atomic mass is 10.1. The third kappa shape index (κ3) is 3.56. The molecule has 9 heteroatoms. The van der Waals surface area contributed by atoms with Crippen molar-refractivity contribution in [2.24, 2.45) is 0 Å². The number of piperazine rings is 1. The Hall–Kier alpha value is -2.52. The standard InChI is InChI=1S/C21H22F3N3O2S/c1-2-25-9-11-26(12-10-25)18-7-4-8-19-20(18)17(21(23)24)14-27(19)30(28,29)16-6-3-5-15(22)13-16/h3-8,13-14,21H,2,9-12H2,1H3. The Labute approximate surface area is 173 Å². The number of anilines is 1. The molecule has 0 unspecified atom stereocenters. The smallest absolute Gasteiger partial charge is 0.268 e. The third-order valence-electron chi connectivity index (χ3n) is 5.55. The molecule has 1 fully saturated rings. The molecule has 160 valence electrons. The summed E-state index contributed by atoms with van der Waals surface area (Å²) >= 11 is 0. The van der Waals surface area contributed by atoms with E-state index in [0.29, 0.717) is 18.8 Å². The molecule has 0 spiro atoms. The largest absolute Gasteiger partial charge is 0.368 e. The Balaban J connectivity index is 1.88. The van der Waals surface area contributed by atoms with Gasteiger partial charge in [0.25, 0.3) is 16.4 Å². The van der Waals surface area contributed by atoms with Crippen LogP contribution in [0.1, 0.15) is 18.9 Å². The molecule has 1 aromatic heterocycles. The summed E-state index contributed by atoms with van der Waals surface area (Å²) in [4.78, 5) is 3.99. The van der Waals surface area contributed by atoms with Gasteiger partial charge in [0.15, 0.2) is 0 Å². The summed E-state index contributed by atoms with van der Waals surface area (Å²) in [5.74, 6) is -0.712. The van der Waals surface area contributed by atoms with Gasteiger partial charge in [0.2, 0.25) is 0 Å². The molecule has 1 aliphatic heterocycles. The second-order valence-corrected chi connectivity index (χ2v) is 9.05. The molecule has 0 radical (unpaired) electrons. The summed E-state index contributed by atoms with van der Waals surface area (Å²) in [5.41, 5.74) is 0.398. The zero-order valence-corrected chi connectivity index (χ0v) is 17.2. The van der Waals surface area contributed by atoms with E-state index in [0.717, 1.165) is 41.9 Å². The lowest BCUT2D eigenvalue weighted by molar-refractivity contribution is 0.153. The molecular weight excluding hydrogens is 415 g/mol. The van der Waals surface area contributed by atoms with E-state index >= 15 is 0 Å². The van der Waals surface area contributed by atoms with Crippen molar-refractivity contribution >= 4 is 26.6 Å². The maximum absolute atomic E-state index is 13.9. The predicted octanol–water partition coefficient (Wildman–Crippen LogP) is 4.10. The number of likely N-dealkylation sites (N-methyl/N-ethyl adjacent to an activating group) is 1. The van der Waals surface area contributed by atoms with Crippen molar-refractivity contribution in [1.82, 2.24) is 8.87 Å². The molecule has 1 aliphatic rings. The number of halogens is 3. The van der Waals surface area contributed by atoms with Gasteiger partial charge in [-0.05, 0) is 36.9 Å². The molecule has 0 aliphatic carbocycles. The normalized spacial score (nSPS) is 16.0. The van der Waals surface area contributed by atoms with Gasteiger partial charge in [-0.25, -0.2) is 25.6 Å². The van der Waals surface area contributed by atoms with Crippen molar-refractivity contribution < 1.29 is 21.6 Å². The fourth-order valence-corrected chi connectivity index (χ4v) is 5.34. The Bertz CT molecular complexity index is 1170. The Kier molecular flexibility index (Phi) is 5.50. The SMILES string of the molecule is CCN1CCN(c2cccc3c2c(C(F)F)cn3S(=O)(=O)c2cccc(F)c2)CC1. The van der Waals surface area contributed by atoms with E-state index < -0.39 is 22.3 Å². The van der Waals surface area contributed by atoms with E-state index in [-0.39, 0.29) is 21.4 Å². The highest BCUT2D eigenvalue weighted by molar-refractivity contribution is 7.90. The second kappa shape index (κ2) is 7.96. The van der Waals surface area contributed by atoms with E-state index in [1.54, 1.807) is 12.1 Å². The number of aromatic nitrogens is 1. The van der Waals surface area contributed by atoms with Crippen LogP contribution in [0.15, 0.2) is 53.6 Å². The molecule has 30 heavy (non-hydrogen) atoms. The van der Waals surface area contributed by atoms with Gasteiger partial charge in [-0.15, -0.1) is 0 Å². The van der Waals surface area contributed by atoms with Crippen LogP contribution in [0.3, 0.4) is 0 Å². The van der Waals surface area contributed by atoms with E-state index in [9.17, 15) is 21.6 Å². The minimum absolute atomic E-state index is 0.157. The highest BCUT2D eigenvalue weighted by Crippen LogP contribution is 2.38. The van der Waals surface area contributed by atoms with Crippen LogP contribution in [-0.2, 0) is 10.0 Å². The van der Waals surface area contributed by atoms with Gasteiger partial charge in [0.05, 0.1) is 10.4 Å². The predicted molar refractivity (Wildman–Crippen MR) is 110 cm³/mol. The molecule has 4 rings (SSSR count). The van der Waals surface area contributed by atoms with Gasteiger partial charge < -0.3 is 9.80 Å². The molecule has 3 aromatic rings. The number of alkyl halides is 2. The van der Waals surface area contributed by atoms with Crippen LogP contribution in [0, 0.1) is 5.82 Å². The van der Waals surface area contributed by atoms with Crippen molar-refractivity contribution in [2.75, 3.05) is 37.6 Å². The molecule has 0 amide bonds. The molecule has 2 aromatic carbocycles. The number of benzene rings is 2. The number of hydrogen-bond donors (Lipinski definition) is 0. The van der Waals surface area contributed by atoms with Crippen LogP contribution in [0.5, 0.6) is 0 Å². The molecule has 0 N–H and O–H groups in total. The summed E-state index contributed by atoms with van der Waals surface area (Å²) in [6, 6.07) is 9.46. The molecule has 5 nitrogen and oxygen atoms in total. The van der Waals surface area contributed by atoms with Gasteiger partial charge in [-0.1, -0.05) is 19.1 Å². The average molecular weight is 437 g/mol. The lowest BCUT2D eigenvalue weighted by Crippen LogP contribution is -2.46. The first kappa shape index (κ1) is 20.7. The van der Waals surface area contributed by atoms with Crippen molar-refractivity contribution in [2.45, 2.75) is 18.2 Å². The Morgan fingerprint density at radius 1 is 1.03 bits per heavy atom. The minimum Gasteiger partial charge on any atom is -0.368 e. The first-order chi connectivity index (χ1) is 14.3. The Morgan fingerprint density at radius 2 is 1.73 bits per heavy atom.